The number of carboxylic acid groups (broad SMARTS) is 1. The highest BCUT2D eigenvalue weighted by Crippen LogP contribution is 2.19. The molecule has 4 heterocycles. The molecule has 2 aromatic heterocycles. The fourth-order valence-electron chi connectivity index (χ4n) is 3.61. The summed E-state index contributed by atoms with van der Waals surface area (Å²) >= 11 is 0. The fourth-order valence-corrected chi connectivity index (χ4v) is 3.61. The Balaban J connectivity index is 0.000000339. The minimum Gasteiger partial charge on any atom is -0.475 e. The third-order valence-corrected chi connectivity index (χ3v) is 5.17. The van der Waals surface area contributed by atoms with Crippen LogP contribution in [0.25, 0.3) is 0 Å². The van der Waals surface area contributed by atoms with E-state index >= 15 is 0 Å². The van der Waals surface area contributed by atoms with E-state index in [1.807, 2.05) is 17.9 Å². The fraction of sp³-hybridized carbons (Fsp3) is 0.550. The first-order chi connectivity index (χ1) is 14.6. The van der Waals surface area contributed by atoms with Gasteiger partial charge in [0, 0.05) is 25.8 Å². The van der Waals surface area contributed by atoms with Crippen LogP contribution in [-0.4, -0.2) is 62.1 Å². The van der Waals surface area contributed by atoms with Gasteiger partial charge in [0.1, 0.15) is 11.6 Å². The Morgan fingerprint density at radius 3 is 2.39 bits per heavy atom. The maximum Gasteiger partial charge on any atom is 0.490 e. The van der Waals surface area contributed by atoms with E-state index in [0.717, 1.165) is 30.4 Å². The Bertz CT molecular complexity index is 916. The number of carbonyl (C=O) groups is 2. The molecule has 1 N–H and O–H groups in total. The number of alkyl halides is 3. The molecule has 0 bridgehead atoms. The van der Waals surface area contributed by atoms with Crippen LogP contribution in [0.2, 0.25) is 0 Å². The largest absolute Gasteiger partial charge is 0.490 e. The van der Waals surface area contributed by atoms with Crippen LogP contribution < -0.4 is 0 Å². The number of carbonyl (C=O) groups excluding carboxylic acids is 1. The summed E-state index contributed by atoms with van der Waals surface area (Å²) < 4.78 is 39.4. The molecular formula is C20H25F3N4O4. The zero-order valence-electron chi connectivity index (χ0n) is 17.2. The second kappa shape index (κ2) is 9.54. The van der Waals surface area contributed by atoms with Gasteiger partial charge in [-0.15, -0.1) is 0 Å². The van der Waals surface area contributed by atoms with Crippen molar-refractivity contribution in [2.45, 2.75) is 52.0 Å². The Hall–Kier alpha value is -2.82. The van der Waals surface area contributed by atoms with Crippen LogP contribution in [0.3, 0.4) is 0 Å². The molecular weight excluding hydrogens is 417 g/mol. The minimum atomic E-state index is -5.08. The van der Waals surface area contributed by atoms with Gasteiger partial charge >= 0.3 is 12.1 Å². The Kier molecular flexibility index (Phi) is 7.04. The van der Waals surface area contributed by atoms with Gasteiger partial charge in [0.05, 0.1) is 12.2 Å². The molecule has 1 amide bonds. The summed E-state index contributed by atoms with van der Waals surface area (Å²) in [6.45, 7) is 7.17. The number of piperidine rings is 1. The maximum atomic E-state index is 12.5. The number of hydrogen-bond donors (Lipinski definition) is 1. The highest BCUT2D eigenvalue weighted by atomic mass is 19.4. The van der Waals surface area contributed by atoms with E-state index in [2.05, 4.69) is 15.7 Å². The number of nitrogens with zero attached hydrogens (tertiary/aromatic N) is 4. The normalized spacial score (nSPS) is 17.0. The molecule has 2 aliphatic rings. The molecule has 11 heteroatoms. The SMILES string of the molecule is Cc1ccc(C(=O)N2CCn3cc(CN4CCCCC4)nc3C2)o1.O=C(O)C(F)(F)F. The number of aromatic nitrogens is 2. The van der Waals surface area contributed by atoms with E-state index < -0.39 is 12.1 Å². The number of likely N-dealkylation sites (tertiary alicyclic amines) is 1. The molecule has 31 heavy (non-hydrogen) atoms. The van der Waals surface area contributed by atoms with Crippen molar-refractivity contribution < 1.29 is 32.3 Å². The van der Waals surface area contributed by atoms with E-state index in [9.17, 15) is 18.0 Å². The quantitative estimate of drug-likeness (QED) is 0.786. The van der Waals surface area contributed by atoms with E-state index in [1.165, 1.54) is 32.4 Å². The molecule has 0 radical (unpaired) electrons. The van der Waals surface area contributed by atoms with Gasteiger partial charge in [-0.1, -0.05) is 6.42 Å². The average molecular weight is 442 g/mol. The second-order valence-corrected chi connectivity index (χ2v) is 7.62. The first kappa shape index (κ1) is 22.9. The first-order valence-electron chi connectivity index (χ1n) is 10.1. The van der Waals surface area contributed by atoms with Crippen LogP contribution in [0.5, 0.6) is 0 Å². The highest BCUT2D eigenvalue weighted by molar-refractivity contribution is 5.91. The Morgan fingerprint density at radius 1 is 1.13 bits per heavy atom. The number of imidazole rings is 1. The lowest BCUT2D eigenvalue weighted by Gasteiger charge is -2.26. The summed E-state index contributed by atoms with van der Waals surface area (Å²) in [4.78, 5) is 30.5. The molecule has 0 aliphatic carbocycles. The van der Waals surface area contributed by atoms with E-state index in [-0.39, 0.29) is 5.91 Å². The van der Waals surface area contributed by atoms with Gasteiger partial charge in [-0.3, -0.25) is 9.69 Å². The topological polar surface area (TPSA) is 91.8 Å². The summed E-state index contributed by atoms with van der Waals surface area (Å²) in [7, 11) is 0. The summed E-state index contributed by atoms with van der Waals surface area (Å²) in [6.07, 6.45) is 0.999. The molecule has 1 saturated heterocycles. The Labute approximate surface area is 177 Å². The van der Waals surface area contributed by atoms with Gasteiger partial charge in [-0.05, 0) is 45.0 Å². The molecule has 0 saturated carbocycles. The Morgan fingerprint density at radius 2 is 1.81 bits per heavy atom. The van der Waals surface area contributed by atoms with Crippen LogP contribution in [-0.2, 0) is 24.4 Å². The predicted octanol–water partition coefficient (Wildman–Crippen LogP) is 3.06. The number of aryl methyl sites for hydroxylation is 1. The van der Waals surface area contributed by atoms with E-state index in [0.29, 0.717) is 18.8 Å². The van der Waals surface area contributed by atoms with Crippen LogP contribution in [0.1, 0.15) is 47.1 Å². The molecule has 2 aliphatic heterocycles. The molecule has 0 aromatic carbocycles. The molecule has 0 unspecified atom stereocenters. The summed E-state index contributed by atoms with van der Waals surface area (Å²) in [5, 5.41) is 7.12. The summed E-state index contributed by atoms with van der Waals surface area (Å²) in [5.74, 6) is -0.644. The van der Waals surface area contributed by atoms with E-state index in [1.54, 1.807) is 6.07 Å². The number of aliphatic carboxylic acids is 1. The molecule has 8 nitrogen and oxygen atoms in total. The van der Waals surface area contributed by atoms with Crippen molar-refractivity contribution in [3.63, 3.8) is 0 Å². The van der Waals surface area contributed by atoms with Crippen molar-refractivity contribution in [3.05, 3.63) is 41.4 Å². The number of halogens is 3. The van der Waals surface area contributed by atoms with Gasteiger partial charge < -0.3 is 19.0 Å². The van der Waals surface area contributed by atoms with Gasteiger partial charge in [0.25, 0.3) is 5.91 Å². The standard InChI is InChI=1S/C18H24N4O2.C2HF3O2/c1-14-5-6-16(24-14)18(23)22-10-9-21-12-15(19-17(21)13-22)11-20-7-3-2-4-8-20;3-2(4,5)1(6)7/h5-6,12H,2-4,7-11,13H2,1H3;(H,6,7). The van der Waals surface area contributed by atoms with E-state index in [4.69, 9.17) is 19.3 Å². The minimum absolute atomic E-state index is 0.0464. The first-order valence-corrected chi connectivity index (χ1v) is 10.1. The van der Waals surface area contributed by atoms with Crippen LogP contribution >= 0.6 is 0 Å². The number of carboxylic acids is 1. The van der Waals surface area contributed by atoms with Gasteiger partial charge in [0.15, 0.2) is 5.76 Å². The summed E-state index contributed by atoms with van der Waals surface area (Å²) in [6, 6.07) is 3.58. The van der Waals surface area contributed by atoms with Crippen LogP contribution in [0.4, 0.5) is 13.2 Å². The number of fused-ring (bicyclic) bond motifs is 1. The zero-order valence-corrected chi connectivity index (χ0v) is 17.2. The van der Waals surface area contributed by atoms with Crippen LogP contribution in [0.15, 0.2) is 22.7 Å². The van der Waals surface area contributed by atoms with Crippen molar-refractivity contribution in [2.24, 2.45) is 0 Å². The average Bonchev–Trinajstić information content (AvgIpc) is 3.33. The van der Waals surface area contributed by atoms with Crippen molar-refractivity contribution in [1.82, 2.24) is 19.4 Å². The molecule has 170 valence electrons. The lowest BCUT2D eigenvalue weighted by molar-refractivity contribution is -0.192. The zero-order chi connectivity index (χ0) is 22.6. The smallest absolute Gasteiger partial charge is 0.475 e. The number of hydrogen-bond acceptors (Lipinski definition) is 5. The molecule has 0 atom stereocenters. The molecule has 4 rings (SSSR count). The maximum absolute atomic E-state index is 12.5. The molecule has 2 aromatic rings. The lowest BCUT2D eigenvalue weighted by Crippen LogP contribution is -2.38. The molecule has 0 spiro atoms. The predicted molar refractivity (Wildman–Crippen MR) is 103 cm³/mol. The van der Waals surface area contributed by atoms with Gasteiger partial charge in [-0.25, -0.2) is 9.78 Å². The van der Waals surface area contributed by atoms with Gasteiger partial charge in [0.2, 0.25) is 0 Å². The highest BCUT2D eigenvalue weighted by Gasteiger charge is 2.38. The number of rotatable bonds is 3. The number of furan rings is 1. The summed E-state index contributed by atoms with van der Waals surface area (Å²) in [5.41, 5.74) is 1.12. The van der Waals surface area contributed by atoms with Gasteiger partial charge in [-0.2, -0.15) is 13.2 Å². The lowest BCUT2D eigenvalue weighted by atomic mass is 10.1. The van der Waals surface area contributed by atoms with Crippen molar-refractivity contribution in [3.8, 4) is 0 Å². The number of amides is 1. The molecule has 1 fully saturated rings. The monoisotopic (exact) mass is 442 g/mol. The van der Waals surface area contributed by atoms with Crippen LogP contribution in [0, 0.1) is 6.92 Å². The van der Waals surface area contributed by atoms with Crippen molar-refractivity contribution in [2.75, 3.05) is 19.6 Å². The second-order valence-electron chi connectivity index (χ2n) is 7.62. The third-order valence-electron chi connectivity index (χ3n) is 5.17. The van der Waals surface area contributed by atoms with Crippen molar-refractivity contribution in [1.29, 1.82) is 0 Å². The van der Waals surface area contributed by atoms with Crippen molar-refractivity contribution >= 4 is 11.9 Å². The third kappa shape index (κ3) is 6.09.